The Kier molecular flexibility index (Phi) is 6.76. The summed E-state index contributed by atoms with van der Waals surface area (Å²) in [4.78, 5) is 11.8. The van der Waals surface area contributed by atoms with Crippen molar-refractivity contribution in [1.82, 2.24) is 10.0 Å². The molecule has 0 aliphatic carbocycles. The summed E-state index contributed by atoms with van der Waals surface area (Å²) in [7, 11) is -7.58. The molecule has 1 fully saturated rings. The molecule has 1 aliphatic heterocycles. The molecule has 1 amide bonds. The fraction of sp³-hybridized carbons (Fsp3) is 0.533. The molecule has 0 aromatic heterocycles. The summed E-state index contributed by atoms with van der Waals surface area (Å²) < 4.78 is 49.1. The van der Waals surface area contributed by atoms with Gasteiger partial charge >= 0.3 is 0 Å². The van der Waals surface area contributed by atoms with E-state index >= 15 is 0 Å². The smallest absolute Gasteiger partial charge is 0.272 e. The van der Waals surface area contributed by atoms with Crippen LogP contribution in [-0.2, 0) is 24.7 Å². The number of nitrogens with one attached hydrogen (secondary N) is 2. The van der Waals surface area contributed by atoms with Crippen molar-refractivity contribution in [3.8, 4) is 0 Å². The van der Waals surface area contributed by atoms with E-state index in [1.807, 2.05) is 13.8 Å². The first-order valence-corrected chi connectivity index (χ1v) is 12.4. The van der Waals surface area contributed by atoms with Gasteiger partial charge in [-0.2, -0.15) is 0 Å². The number of benzene rings is 1. The second-order valence-corrected chi connectivity index (χ2v) is 12.8. The van der Waals surface area contributed by atoms with Gasteiger partial charge in [0.25, 0.3) is 9.70 Å². The van der Waals surface area contributed by atoms with Gasteiger partial charge in [0.1, 0.15) is 0 Å². The summed E-state index contributed by atoms with van der Waals surface area (Å²) in [5, 5.41) is 2.28. The van der Waals surface area contributed by atoms with E-state index in [1.165, 1.54) is 12.1 Å². The summed E-state index contributed by atoms with van der Waals surface area (Å²) in [5.41, 5.74) is 0.963. The lowest BCUT2D eigenvalue weighted by molar-refractivity contribution is -0.120. The number of sulfone groups is 1. The van der Waals surface area contributed by atoms with Gasteiger partial charge in [0.05, 0.1) is 28.5 Å². The quantitative estimate of drug-likeness (QED) is 0.628. The van der Waals surface area contributed by atoms with Gasteiger partial charge in [-0.1, -0.05) is 60.8 Å². The third kappa shape index (κ3) is 5.95. The van der Waals surface area contributed by atoms with Gasteiger partial charge in [-0.05, 0) is 23.6 Å². The average molecular weight is 478 g/mol. The first-order chi connectivity index (χ1) is 12.2. The Bertz CT molecular complexity index is 910. The fourth-order valence-corrected chi connectivity index (χ4v) is 6.06. The maximum atomic E-state index is 12.6. The minimum Gasteiger partial charge on any atom is -0.347 e. The number of sulfonamides is 1. The highest BCUT2D eigenvalue weighted by atomic mass is 35.6. The van der Waals surface area contributed by atoms with Gasteiger partial charge in [0.15, 0.2) is 9.84 Å². The topological polar surface area (TPSA) is 109 Å². The van der Waals surface area contributed by atoms with E-state index in [0.717, 1.165) is 5.56 Å². The van der Waals surface area contributed by atoms with Gasteiger partial charge in [0, 0.05) is 0 Å². The number of amides is 1. The van der Waals surface area contributed by atoms with Crippen LogP contribution < -0.4 is 10.0 Å². The number of rotatable bonds is 5. The third-order valence-electron chi connectivity index (χ3n) is 4.09. The molecule has 2 N–H and O–H groups in total. The first-order valence-electron chi connectivity index (χ1n) is 7.92. The van der Waals surface area contributed by atoms with Gasteiger partial charge in [0.2, 0.25) is 10.0 Å². The highest BCUT2D eigenvalue weighted by Gasteiger charge is 2.43. The Morgan fingerprint density at radius 1 is 1.11 bits per heavy atom. The van der Waals surface area contributed by atoms with Crippen LogP contribution in [0.4, 0.5) is 0 Å². The molecule has 0 saturated carbocycles. The monoisotopic (exact) mass is 476 g/mol. The van der Waals surface area contributed by atoms with Crippen molar-refractivity contribution in [2.75, 3.05) is 11.5 Å². The van der Waals surface area contributed by atoms with Crippen molar-refractivity contribution < 1.29 is 21.6 Å². The van der Waals surface area contributed by atoms with Crippen molar-refractivity contribution in [2.45, 2.75) is 40.5 Å². The number of carbonyl (C=O) groups is 1. The Morgan fingerprint density at radius 2 is 1.63 bits per heavy atom. The van der Waals surface area contributed by atoms with Gasteiger partial charge in [-0.3, -0.25) is 4.79 Å². The molecule has 1 aromatic rings. The molecule has 2 atom stereocenters. The third-order valence-corrected chi connectivity index (χ3v) is 7.84. The molecule has 27 heavy (non-hydrogen) atoms. The van der Waals surface area contributed by atoms with Crippen molar-refractivity contribution in [2.24, 2.45) is 0 Å². The van der Waals surface area contributed by atoms with E-state index < -0.39 is 53.1 Å². The normalized spacial score (nSPS) is 22.7. The first kappa shape index (κ1) is 22.7. The zero-order chi connectivity index (χ0) is 20.6. The van der Waals surface area contributed by atoms with Gasteiger partial charge in [-0.15, -0.1) is 0 Å². The molecule has 12 heteroatoms. The zero-order valence-corrected chi connectivity index (χ0v) is 18.3. The van der Waals surface area contributed by atoms with Gasteiger partial charge in [-0.25, -0.2) is 21.6 Å². The molecule has 0 radical (unpaired) electrons. The molecule has 7 nitrogen and oxygen atoms in total. The van der Waals surface area contributed by atoms with Crippen LogP contribution in [-0.4, -0.2) is 50.1 Å². The minimum absolute atomic E-state index is 0.0114. The molecular formula is C15H19Cl3N2O5S2. The number of hydrogen-bond acceptors (Lipinski definition) is 5. The zero-order valence-electron chi connectivity index (χ0n) is 14.4. The largest absolute Gasteiger partial charge is 0.347 e. The van der Waals surface area contributed by atoms with Crippen molar-refractivity contribution in [3.05, 3.63) is 29.8 Å². The van der Waals surface area contributed by atoms with Crippen LogP contribution in [0.3, 0.4) is 0 Å². The maximum Gasteiger partial charge on any atom is 0.272 e. The number of halogens is 3. The molecule has 2 rings (SSSR count). The van der Waals surface area contributed by atoms with Crippen LogP contribution in [0, 0.1) is 0 Å². The molecule has 152 valence electrons. The van der Waals surface area contributed by atoms with Crippen LogP contribution in [0.5, 0.6) is 0 Å². The second kappa shape index (κ2) is 8.04. The molecule has 1 aromatic carbocycles. The van der Waals surface area contributed by atoms with E-state index in [1.54, 1.807) is 12.1 Å². The Labute approximate surface area is 173 Å². The molecule has 0 spiro atoms. The van der Waals surface area contributed by atoms with Crippen molar-refractivity contribution in [3.63, 3.8) is 0 Å². The standard InChI is InChI=1S/C15H19Cl3N2O5S2/c1-9(2)10-3-5-11(6-4-10)27(24,25)20-13-8-26(22,23)7-12(13)19-14(21)15(16,17)18/h3-6,9,12-13,20H,7-8H2,1-2H3,(H,19,21)/t12-,13+/m1/s1. The average Bonchev–Trinajstić information content (AvgIpc) is 2.79. The van der Waals surface area contributed by atoms with E-state index in [0.29, 0.717) is 0 Å². The lowest BCUT2D eigenvalue weighted by Gasteiger charge is -2.22. The van der Waals surface area contributed by atoms with E-state index in [2.05, 4.69) is 10.0 Å². The molecular weight excluding hydrogens is 459 g/mol. The van der Waals surface area contributed by atoms with Crippen LogP contribution in [0.2, 0.25) is 0 Å². The predicted octanol–water partition coefficient (Wildman–Crippen LogP) is 1.74. The lowest BCUT2D eigenvalue weighted by Crippen LogP contribution is -2.53. The van der Waals surface area contributed by atoms with Gasteiger partial charge < -0.3 is 5.32 Å². The molecule has 0 unspecified atom stereocenters. The van der Waals surface area contributed by atoms with Crippen molar-refractivity contribution >= 4 is 60.6 Å². The molecule has 1 aliphatic rings. The lowest BCUT2D eigenvalue weighted by atomic mass is 10.0. The summed E-state index contributed by atoms with van der Waals surface area (Å²) >= 11 is 16.4. The van der Waals surface area contributed by atoms with E-state index in [9.17, 15) is 21.6 Å². The molecule has 1 heterocycles. The molecule has 1 saturated heterocycles. The number of alkyl halides is 3. The Hall–Kier alpha value is -0.580. The SMILES string of the molecule is CC(C)c1ccc(S(=O)(=O)N[C@H]2CS(=O)(=O)C[C@H]2NC(=O)C(Cl)(Cl)Cl)cc1. The summed E-state index contributed by atoms with van der Waals surface area (Å²) in [6, 6.07) is 4.12. The maximum absolute atomic E-state index is 12.6. The van der Waals surface area contributed by atoms with E-state index in [4.69, 9.17) is 34.8 Å². The van der Waals surface area contributed by atoms with Crippen LogP contribution in [0.15, 0.2) is 29.2 Å². The highest BCUT2D eigenvalue weighted by Crippen LogP contribution is 2.27. The summed E-state index contributed by atoms with van der Waals surface area (Å²) in [6.07, 6.45) is 0. The minimum atomic E-state index is -4.01. The number of carbonyl (C=O) groups excluding carboxylic acids is 1. The van der Waals surface area contributed by atoms with E-state index in [-0.39, 0.29) is 10.8 Å². The number of hydrogen-bond donors (Lipinski definition) is 2. The van der Waals surface area contributed by atoms with Crippen LogP contribution in [0.25, 0.3) is 0 Å². The van der Waals surface area contributed by atoms with Crippen molar-refractivity contribution in [1.29, 1.82) is 0 Å². The Morgan fingerprint density at radius 3 is 2.11 bits per heavy atom. The second-order valence-electron chi connectivity index (χ2n) is 6.61. The Balaban J connectivity index is 2.22. The summed E-state index contributed by atoms with van der Waals surface area (Å²) in [5.74, 6) is -1.73. The highest BCUT2D eigenvalue weighted by molar-refractivity contribution is 7.92. The van der Waals surface area contributed by atoms with Crippen LogP contribution >= 0.6 is 34.8 Å². The predicted molar refractivity (Wildman–Crippen MR) is 106 cm³/mol. The summed E-state index contributed by atoms with van der Waals surface area (Å²) in [6.45, 7) is 3.95. The molecule has 0 bridgehead atoms. The van der Waals surface area contributed by atoms with Crippen LogP contribution in [0.1, 0.15) is 25.3 Å². The fourth-order valence-electron chi connectivity index (χ4n) is 2.66.